The monoisotopic (exact) mass is 610 g/mol. The highest BCUT2D eigenvalue weighted by molar-refractivity contribution is 5.61. The normalized spacial score (nSPS) is 19.6. The van der Waals surface area contributed by atoms with E-state index in [0.29, 0.717) is 12.3 Å². The number of aliphatic hydroxyl groups is 1. The Balaban J connectivity index is 1.61. The molecule has 234 valence electrons. The maximum absolute atomic E-state index is 13.7. The van der Waals surface area contributed by atoms with E-state index < -0.39 is 29.5 Å². The van der Waals surface area contributed by atoms with Crippen molar-refractivity contribution in [2.24, 2.45) is 5.92 Å². The van der Waals surface area contributed by atoms with Crippen LogP contribution in [0.5, 0.6) is 0 Å². The second kappa shape index (κ2) is 12.3. The van der Waals surface area contributed by atoms with Gasteiger partial charge in [0.2, 0.25) is 0 Å². The number of hydrogen-bond donors (Lipinski definition) is 1. The Morgan fingerprint density at radius 3 is 2.26 bits per heavy atom. The molecule has 1 N–H and O–H groups in total. The van der Waals surface area contributed by atoms with Crippen molar-refractivity contribution in [2.45, 2.75) is 89.9 Å². The summed E-state index contributed by atoms with van der Waals surface area (Å²) in [7, 11) is 0. The van der Waals surface area contributed by atoms with E-state index in [9.17, 15) is 31.4 Å². The third kappa shape index (κ3) is 6.91. The van der Waals surface area contributed by atoms with Crippen LogP contribution in [0.2, 0.25) is 0 Å². The number of benzene rings is 2. The predicted octanol–water partition coefficient (Wildman–Crippen LogP) is 6.94. The van der Waals surface area contributed by atoms with Crippen LogP contribution in [0.1, 0.15) is 79.3 Å². The summed E-state index contributed by atoms with van der Waals surface area (Å²) in [5, 5.41) is 21.9. The van der Waals surface area contributed by atoms with Gasteiger partial charge in [-0.25, -0.2) is 0 Å². The predicted molar refractivity (Wildman–Crippen MR) is 149 cm³/mol. The number of alkyl halides is 6. The fourth-order valence-electron chi connectivity index (χ4n) is 6.47. The molecule has 2 heterocycles. The quantitative estimate of drug-likeness (QED) is 0.265. The van der Waals surface area contributed by atoms with E-state index in [-0.39, 0.29) is 43.3 Å². The van der Waals surface area contributed by atoms with E-state index in [1.807, 2.05) is 19.1 Å². The number of tetrazole rings is 1. The zero-order valence-corrected chi connectivity index (χ0v) is 24.2. The number of aryl methyl sites for hydroxylation is 1. The summed E-state index contributed by atoms with van der Waals surface area (Å²) in [6.45, 7) is 4.40. The average molecular weight is 611 g/mol. The molecule has 0 saturated heterocycles. The molecule has 2 aliphatic rings. The van der Waals surface area contributed by atoms with Gasteiger partial charge in [-0.2, -0.15) is 31.1 Å². The van der Waals surface area contributed by atoms with Gasteiger partial charge in [0, 0.05) is 24.8 Å². The summed E-state index contributed by atoms with van der Waals surface area (Å²) >= 11 is 0. The number of halogens is 6. The van der Waals surface area contributed by atoms with Crippen LogP contribution in [0.4, 0.5) is 38.0 Å². The summed E-state index contributed by atoms with van der Waals surface area (Å²) in [6.07, 6.45) is -3.82. The zero-order chi connectivity index (χ0) is 30.9. The number of anilines is 2. The highest BCUT2D eigenvalue weighted by atomic mass is 19.4. The Labute approximate surface area is 246 Å². The Kier molecular flexibility index (Phi) is 8.92. The van der Waals surface area contributed by atoms with Crippen LogP contribution in [-0.4, -0.2) is 44.5 Å². The maximum atomic E-state index is 13.7. The van der Waals surface area contributed by atoms with Crippen LogP contribution in [0.25, 0.3) is 0 Å². The molecule has 2 atom stereocenters. The second-order valence-electron chi connectivity index (χ2n) is 11.6. The average Bonchev–Trinajstić information content (AvgIpc) is 3.63. The van der Waals surface area contributed by atoms with Gasteiger partial charge in [0.25, 0.3) is 5.95 Å². The first-order valence-electron chi connectivity index (χ1n) is 14.7. The molecule has 1 aromatic heterocycles. The van der Waals surface area contributed by atoms with Crippen LogP contribution in [0.3, 0.4) is 0 Å². The van der Waals surface area contributed by atoms with Gasteiger partial charge in [0.15, 0.2) is 0 Å². The molecule has 13 heteroatoms. The van der Waals surface area contributed by atoms with Gasteiger partial charge >= 0.3 is 12.4 Å². The molecule has 0 unspecified atom stereocenters. The summed E-state index contributed by atoms with van der Waals surface area (Å²) in [5.41, 5.74) is -0.00450. The first kappa shape index (κ1) is 31.1. The number of aromatic nitrogens is 4. The van der Waals surface area contributed by atoms with E-state index >= 15 is 0 Å². The maximum Gasteiger partial charge on any atom is 0.416 e. The minimum Gasteiger partial charge on any atom is -0.394 e. The van der Waals surface area contributed by atoms with Gasteiger partial charge in [0.1, 0.15) is 0 Å². The number of rotatable bonds is 9. The molecular formula is C30H36F6N6O. The van der Waals surface area contributed by atoms with E-state index in [1.165, 1.54) is 30.5 Å². The fourth-order valence-corrected chi connectivity index (χ4v) is 6.47. The van der Waals surface area contributed by atoms with Crippen LogP contribution in [0.15, 0.2) is 36.4 Å². The first-order valence-corrected chi connectivity index (χ1v) is 14.7. The number of nitrogens with zero attached hydrogens (tertiary/aromatic N) is 6. The van der Waals surface area contributed by atoms with Gasteiger partial charge in [0.05, 0.1) is 30.3 Å². The molecule has 1 fully saturated rings. The Morgan fingerprint density at radius 2 is 1.65 bits per heavy atom. The molecule has 1 saturated carbocycles. The topological polar surface area (TPSA) is 70.3 Å². The summed E-state index contributed by atoms with van der Waals surface area (Å²) in [5.74, 6) is 0.637. The lowest BCUT2D eigenvalue weighted by Gasteiger charge is -2.46. The van der Waals surface area contributed by atoms with Crippen molar-refractivity contribution in [1.82, 2.24) is 20.2 Å². The lowest BCUT2D eigenvalue weighted by molar-refractivity contribution is -0.143. The van der Waals surface area contributed by atoms with Gasteiger partial charge in [-0.1, -0.05) is 42.6 Å². The van der Waals surface area contributed by atoms with E-state index in [1.54, 1.807) is 4.90 Å². The molecule has 1 aliphatic carbocycles. The molecule has 7 nitrogen and oxygen atoms in total. The summed E-state index contributed by atoms with van der Waals surface area (Å²) in [4.78, 5) is 5.26. The van der Waals surface area contributed by atoms with E-state index in [0.717, 1.165) is 41.9 Å². The van der Waals surface area contributed by atoms with Gasteiger partial charge < -0.3 is 14.9 Å². The van der Waals surface area contributed by atoms with Crippen molar-refractivity contribution in [3.63, 3.8) is 0 Å². The molecule has 3 aromatic rings. The lowest BCUT2D eigenvalue weighted by atomic mass is 9.86. The van der Waals surface area contributed by atoms with Crippen molar-refractivity contribution in [2.75, 3.05) is 23.0 Å². The second-order valence-corrected chi connectivity index (χ2v) is 11.6. The minimum atomic E-state index is -4.97. The Bertz CT molecular complexity index is 1370. The number of fused-ring (bicyclic) bond motifs is 1. The molecule has 0 bridgehead atoms. The highest BCUT2D eigenvalue weighted by Gasteiger charge is 2.40. The smallest absolute Gasteiger partial charge is 0.394 e. The fraction of sp³-hybridized carbons (Fsp3) is 0.567. The molecule has 0 spiro atoms. The van der Waals surface area contributed by atoms with Gasteiger partial charge in [-0.15, -0.1) is 5.10 Å². The molecule has 43 heavy (non-hydrogen) atoms. The van der Waals surface area contributed by atoms with Crippen LogP contribution < -0.4 is 9.80 Å². The molecule has 0 radical (unpaired) electrons. The van der Waals surface area contributed by atoms with Crippen molar-refractivity contribution < 1.29 is 31.4 Å². The molecule has 5 rings (SSSR count). The molecule has 2 aromatic carbocycles. The Morgan fingerprint density at radius 1 is 0.977 bits per heavy atom. The highest BCUT2D eigenvalue weighted by Crippen LogP contribution is 2.45. The molecule has 0 amide bonds. The zero-order valence-electron chi connectivity index (χ0n) is 24.2. The molecular weight excluding hydrogens is 574 g/mol. The van der Waals surface area contributed by atoms with Gasteiger partial charge in [-0.05, 0) is 79.1 Å². The largest absolute Gasteiger partial charge is 0.416 e. The van der Waals surface area contributed by atoms with Crippen molar-refractivity contribution in [3.8, 4) is 0 Å². The van der Waals surface area contributed by atoms with Crippen molar-refractivity contribution in [1.29, 1.82) is 0 Å². The van der Waals surface area contributed by atoms with Gasteiger partial charge in [-0.3, -0.25) is 0 Å². The van der Waals surface area contributed by atoms with E-state index in [2.05, 4.69) is 33.3 Å². The SMILES string of the molecule is CC[C@@H]1C[C@H](N(Cc2cc(C(F)(F)F)cc(C(F)(F)F)c2)c2nnn(CCO)n2)c2cc(C)ccc2N1CC1CCCC1. The third-order valence-corrected chi connectivity index (χ3v) is 8.56. The minimum absolute atomic E-state index is 0.0374. The number of hydrogen-bond acceptors (Lipinski definition) is 6. The van der Waals surface area contributed by atoms with E-state index in [4.69, 9.17) is 0 Å². The summed E-state index contributed by atoms with van der Waals surface area (Å²) in [6, 6.07) is 7.41. The lowest BCUT2D eigenvalue weighted by Crippen LogP contribution is -2.46. The van der Waals surface area contributed by atoms with Crippen LogP contribution in [0, 0.1) is 12.8 Å². The Hall–Kier alpha value is -3.35. The van der Waals surface area contributed by atoms with Crippen LogP contribution in [-0.2, 0) is 25.4 Å². The molecule has 1 aliphatic heterocycles. The third-order valence-electron chi connectivity index (χ3n) is 8.56. The standard InChI is InChI=1S/C30H36F6N6O/c1-3-24-16-27(25-12-19(2)8-9-26(25)40(24)17-20-6-4-5-7-20)41(28-37-39-42(38-28)10-11-43)18-21-13-22(29(31,32)33)15-23(14-21)30(34,35)36/h8-9,12-15,20,24,27,43H,3-7,10-11,16-18H2,1-2H3/t24-,27+/m1/s1. The van der Waals surface area contributed by atoms with Crippen molar-refractivity contribution in [3.05, 3.63) is 64.2 Å². The van der Waals surface area contributed by atoms with Crippen molar-refractivity contribution >= 4 is 11.6 Å². The first-order chi connectivity index (χ1) is 20.4. The number of aliphatic hydroxyl groups excluding tert-OH is 1. The van der Waals surface area contributed by atoms with Crippen LogP contribution >= 0.6 is 0 Å². The summed E-state index contributed by atoms with van der Waals surface area (Å²) < 4.78 is 82.4.